The van der Waals surface area contributed by atoms with Crippen molar-refractivity contribution in [2.45, 2.75) is 38.6 Å². The molecular formula is C10H24ClN3O3S. The van der Waals surface area contributed by atoms with E-state index in [0.29, 0.717) is 25.9 Å². The van der Waals surface area contributed by atoms with E-state index >= 15 is 0 Å². The molecule has 1 unspecified atom stereocenters. The van der Waals surface area contributed by atoms with Crippen molar-refractivity contribution in [3.63, 3.8) is 0 Å². The molecule has 4 N–H and O–H groups in total. The van der Waals surface area contributed by atoms with E-state index in [0.717, 1.165) is 12.7 Å². The molecule has 0 spiro atoms. The molecule has 0 bridgehead atoms. The highest BCUT2D eigenvalue weighted by atomic mass is 35.5. The number of carbonyl (C=O) groups is 1. The highest BCUT2D eigenvalue weighted by Gasteiger charge is 2.26. The zero-order valence-corrected chi connectivity index (χ0v) is 12.8. The fourth-order valence-corrected chi connectivity index (χ4v) is 1.90. The Labute approximate surface area is 116 Å². The van der Waals surface area contributed by atoms with Crippen LogP contribution in [0, 0.1) is 0 Å². The molecule has 0 aromatic heterocycles. The van der Waals surface area contributed by atoms with Gasteiger partial charge in [0.15, 0.2) is 0 Å². The second-order valence-corrected chi connectivity index (χ2v) is 6.28. The van der Waals surface area contributed by atoms with Gasteiger partial charge >= 0.3 is 0 Å². The highest BCUT2D eigenvalue weighted by Crippen LogP contribution is 2.07. The van der Waals surface area contributed by atoms with E-state index in [1.54, 1.807) is 6.92 Å². The summed E-state index contributed by atoms with van der Waals surface area (Å²) in [6.45, 7) is 4.39. The summed E-state index contributed by atoms with van der Waals surface area (Å²) < 4.78 is 23.9. The predicted molar refractivity (Wildman–Crippen MR) is 75.2 cm³/mol. The quantitative estimate of drug-likeness (QED) is 0.548. The molecule has 0 aliphatic carbocycles. The van der Waals surface area contributed by atoms with Crippen molar-refractivity contribution in [3.05, 3.63) is 0 Å². The van der Waals surface area contributed by atoms with Crippen molar-refractivity contribution < 1.29 is 13.2 Å². The van der Waals surface area contributed by atoms with Crippen LogP contribution in [-0.4, -0.2) is 39.2 Å². The fraction of sp³-hybridized carbons (Fsp3) is 0.900. The van der Waals surface area contributed by atoms with Gasteiger partial charge in [0.1, 0.15) is 0 Å². The van der Waals surface area contributed by atoms with Crippen LogP contribution in [0.15, 0.2) is 0 Å². The molecule has 0 aliphatic rings. The Morgan fingerprint density at radius 2 is 1.89 bits per heavy atom. The number of hydrogen-bond donors (Lipinski definition) is 3. The molecule has 18 heavy (non-hydrogen) atoms. The van der Waals surface area contributed by atoms with Crippen molar-refractivity contribution in [2.24, 2.45) is 5.73 Å². The lowest BCUT2D eigenvalue weighted by Crippen LogP contribution is -2.51. The summed E-state index contributed by atoms with van der Waals surface area (Å²) in [5.74, 6) is -0.196. The third-order valence-corrected chi connectivity index (χ3v) is 3.02. The van der Waals surface area contributed by atoms with Gasteiger partial charge in [-0.25, -0.2) is 13.1 Å². The largest absolute Gasteiger partial charge is 0.354 e. The van der Waals surface area contributed by atoms with E-state index in [-0.39, 0.29) is 18.3 Å². The summed E-state index contributed by atoms with van der Waals surface area (Å²) in [6, 6.07) is 0. The first kappa shape index (κ1) is 20.0. The van der Waals surface area contributed by atoms with Gasteiger partial charge in [-0.3, -0.25) is 4.79 Å². The molecule has 0 fully saturated rings. The minimum Gasteiger partial charge on any atom is -0.354 e. The number of nitrogens with two attached hydrogens (primary N) is 1. The number of carbonyl (C=O) groups excluding carboxylic acids is 1. The first-order valence-corrected chi connectivity index (χ1v) is 7.60. The maximum atomic E-state index is 11.6. The first-order chi connectivity index (χ1) is 7.69. The number of rotatable bonds is 8. The molecule has 6 nitrogen and oxygen atoms in total. The lowest BCUT2D eigenvalue weighted by atomic mass is 9.96. The third kappa shape index (κ3) is 9.64. The van der Waals surface area contributed by atoms with Crippen LogP contribution in [0.5, 0.6) is 0 Å². The topological polar surface area (TPSA) is 101 Å². The fourth-order valence-electron chi connectivity index (χ4n) is 1.38. The molecule has 0 aromatic rings. The van der Waals surface area contributed by atoms with Crippen molar-refractivity contribution in [1.82, 2.24) is 10.0 Å². The normalized spacial score (nSPS) is 14.4. The zero-order chi connectivity index (χ0) is 13.5. The first-order valence-electron chi connectivity index (χ1n) is 5.71. The zero-order valence-electron chi connectivity index (χ0n) is 11.2. The number of amides is 1. The van der Waals surface area contributed by atoms with E-state index in [4.69, 9.17) is 5.73 Å². The Balaban J connectivity index is 0. The van der Waals surface area contributed by atoms with E-state index in [2.05, 4.69) is 10.0 Å². The Bertz CT molecular complexity index is 344. The second-order valence-electron chi connectivity index (χ2n) is 4.44. The maximum absolute atomic E-state index is 11.6. The molecular weight excluding hydrogens is 278 g/mol. The van der Waals surface area contributed by atoms with Crippen LogP contribution < -0.4 is 15.8 Å². The molecule has 0 saturated heterocycles. The van der Waals surface area contributed by atoms with E-state index < -0.39 is 15.6 Å². The Morgan fingerprint density at radius 1 is 1.33 bits per heavy atom. The predicted octanol–water partition coefficient (Wildman–Crippen LogP) is -0.0188. The molecule has 0 aliphatic heterocycles. The van der Waals surface area contributed by atoms with Gasteiger partial charge in [0.2, 0.25) is 15.9 Å². The van der Waals surface area contributed by atoms with Crippen LogP contribution in [0.4, 0.5) is 0 Å². The van der Waals surface area contributed by atoms with Crippen LogP contribution in [0.3, 0.4) is 0 Å². The Hall–Kier alpha value is -0.370. The van der Waals surface area contributed by atoms with E-state index in [9.17, 15) is 13.2 Å². The smallest absolute Gasteiger partial charge is 0.239 e. The summed E-state index contributed by atoms with van der Waals surface area (Å²) >= 11 is 0. The summed E-state index contributed by atoms with van der Waals surface area (Å²) in [6.07, 6.45) is 3.11. The monoisotopic (exact) mass is 301 g/mol. The number of halogens is 1. The van der Waals surface area contributed by atoms with Crippen LogP contribution in [0.2, 0.25) is 0 Å². The van der Waals surface area contributed by atoms with Crippen LogP contribution in [-0.2, 0) is 14.8 Å². The van der Waals surface area contributed by atoms with Gasteiger partial charge in [0, 0.05) is 13.1 Å². The third-order valence-electron chi connectivity index (χ3n) is 2.29. The molecule has 1 atom stereocenters. The molecule has 0 saturated carbocycles. The van der Waals surface area contributed by atoms with Crippen molar-refractivity contribution in [3.8, 4) is 0 Å². The minimum absolute atomic E-state index is 0. The van der Waals surface area contributed by atoms with Gasteiger partial charge in [0.05, 0.1) is 11.8 Å². The SMILES string of the molecule is CCCC(C)(N)C(=O)NCCCNS(C)(=O)=O.Cl. The Morgan fingerprint density at radius 3 is 2.33 bits per heavy atom. The van der Waals surface area contributed by atoms with Crippen LogP contribution >= 0.6 is 12.4 Å². The lowest BCUT2D eigenvalue weighted by Gasteiger charge is -2.22. The highest BCUT2D eigenvalue weighted by molar-refractivity contribution is 7.88. The van der Waals surface area contributed by atoms with E-state index in [1.807, 2.05) is 6.92 Å². The van der Waals surface area contributed by atoms with Crippen molar-refractivity contribution in [1.29, 1.82) is 0 Å². The molecule has 0 aromatic carbocycles. The number of nitrogens with one attached hydrogen (secondary N) is 2. The maximum Gasteiger partial charge on any atom is 0.239 e. The summed E-state index contributed by atoms with van der Waals surface area (Å²) in [5.41, 5.74) is 4.98. The average Bonchev–Trinajstić information content (AvgIpc) is 2.15. The van der Waals surface area contributed by atoms with Crippen molar-refractivity contribution >= 4 is 28.3 Å². The van der Waals surface area contributed by atoms with Crippen LogP contribution in [0.25, 0.3) is 0 Å². The Kier molecular flexibility index (Phi) is 9.63. The van der Waals surface area contributed by atoms with E-state index in [1.165, 1.54) is 0 Å². The molecule has 110 valence electrons. The summed E-state index contributed by atoms with van der Waals surface area (Å²) in [4.78, 5) is 11.6. The van der Waals surface area contributed by atoms with Crippen LogP contribution in [0.1, 0.15) is 33.1 Å². The lowest BCUT2D eigenvalue weighted by molar-refractivity contribution is -0.126. The standard InChI is InChI=1S/C10H23N3O3S.ClH/c1-4-6-10(2,11)9(14)12-7-5-8-13-17(3,15)16;/h13H,4-8,11H2,1-3H3,(H,12,14);1H. The van der Waals surface area contributed by atoms with Crippen molar-refractivity contribution in [2.75, 3.05) is 19.3 Å². The summed E-state index contributed by atoms with van der Waals surface area (Å²) in [5, 5.41) is 2.70. The molecule has 0 radical (unpaired) electrons. The minimum atomic E-state index is -3.15. The summed E-state index contributed by atoms with van der Waals surface area (Å²) in [7, 11) is -3.15. The average molecular weight is 302 g/mol. The number of sulfonamides is 1. The molecule has 0 heterocycles. The van der Waals surface area contributed by atoms with Gasteiger partial charge < -0.3 is 11.1 Å². The van der Waals surface area contributed by atoms with Gasteiger partial charge in [-0.05, 0) is 19.8 Å². The number of hydrogen-bond acceptors (Lipinski definition) is 4. The molecule has 0 rings (SSSR count). The van der Waals surface area contributed by atoms with Gasteiger partial charge in [-0.15, -0.1) is 12.4 Å². The molecule has 8 heteroatoms. The van der Waals surface area contributed by atoms with Gasteiger partial charge in [-0.2, -0.15) is 0 Å². The van der Waals surface area contributed by atoms with Gasteiger partial charge in [0.25, 0.3) is 0 Å². The second kappa shape index (κ2) is 8.68. The molecule has 1 amide bonds. The van der Waals surface area contributed by atoms with Gasteiger partial charge in [-0.1, -0.05) is 13.3 Å².